The van der Waals surface area contributed by atoms with Gasteiger partial charge in [-0.15, -0.1) is 0 Å². The molecule has 16 nitrogen and oxygen atoms in total. The van der Waals surface area contributed by atoms with Crippen LogP contribution in [0.4, 0.5) is 0 Å². The van der Waals surface area contributed by atoms with Gasteiger partial charge in [0.25, 0.3) is 0 Å². The van der Waals surface area contributed by atoms with Crippen LogP contribution in [0.2, 0.25) is 0 Å². The molecule has 0 aromatic rings. The van der Waals surface area contributed by atoms with Crippen LogP contribution in [0.25, 0.3) is 0 Å². The standard InChI is InChI=1S/C73H136O16P2/c1-4-7-10-13-16-19-22-25-27-28-29-30-31-32-33-34-35-36-37-38-40-43-44-47-50-53-56-59-71(76)83-62-68(74)63-85-90(79,80)86-64-69(75)65-87-91(81,82)88-67-70(89-73(78)61-58-55-52-49-46-41-24-21-18-15-12-9-6-3)66-84-72(77)60-57-54-51-48-45-42-39-26-23-20-17-14-11-8-5-2/h16,19,25,27,29-30,32-33,68-70,74-75H,4-15,17-18,20-24,26,28,31,34-67H2,1-3H3,(H,79,80)(H,81,82)/b19-16-,27-25-,30-29-,33-32-. The van der Waals surface area contributed by atoms with Crippen molar-refractivity contribution < 1.29 is 75.8 Å². The smallest absolute Gasteiger partial charge is 0.463 e. The number of phosphoric ester groups is 2. The topological polar surface area (TPSA) is 231 Å². The summed E-state index contributed by atoms with van der Waals surface area (Å²) in [6.07, 6.45) is 68.8. The van der Waals surface area contributed by atoms with E-state index in [0.29, 0.717) is 19.3 Å². The van der Waals surface area contributed by atoms with Crippen molar-refractivity contribution >= 4 is 33.6 Å². The average molecular weight is 1330 g/mol. The molecule has 18 heteroatoms. The monoisotopic (exact) mass is 1330 g/mol. The van der Waals surface area contributed by atoms with Crippen LogP contribution in [-0.2, 0) is 55.8 Å². The maximum absolute atomic E-state index is 12.9. The van der Waals surface area contributed by atoms with E-state index in [0.717, 1.165) is 89.9 Å². The molecule has 0 fully saturated rings. The Bertz CT molecular complexity index is 1860. The molecule has 0 radical (unpaired) electrons. The number of esters is 3. The predicted molar refractivity (Wildman–Crippen MR) is 372 cm³/mol. The molecular weight excluding hydrogens is 1190 g/mol. The van der Waals surface area contributed by atoms with Gasteiger partial charge in [-0.2, -0.15) is 0 Å². The number of carbonyl (C=O) groups excluding carboxylic acids is 3. The Morgan fingerprint density at radius 1 is 0.308 bits per heavy atom. The minimum Gasteiger partial charge on any atom is -0.463 e. The van der Waals surface area contributed by atoms with E-state index >= 15 is 0 Å². The van der Waals surface area contributed by atoms with Gasteiger partial charge in [0.05, 0.1) is 26.4 Å². The van der Waals surface area contributed by atoms with Crippen molar-refractivity contribution in [3.05, 3.63) is 48.6 Å². The fraction of sp³-hybridized carbons (Fsp3) is 0.849. The molecule has 91 heavy (non-hydrogen) atoms. The van der Waals surface area contributed by atoms with Crippen molar-refractivity contribution in [2.45, 2.75) is 360 Å². The normalized spacial score (nSPS) is 14.4. The fourth-order valence-electron chi connectivity index (χ4n) is 10.4. The van der Waals surface area contributed by atoms with Crippen LogP contribution < -0.4 is 0 Å². The van der Waals surface area contributed by atoms with E-state index in [9.17, 15) is 43.5 Å². The average Bonchev–Trinajstić information content (AvgIpc) is 3.70. The summed E-state index contributed by atoms with van der Waals surface area (Å²) in [7, 11) is -9.76. The molecule has 0 aromatic carbocycles. The number of rotatable bonds is 71. The number of unbranched alkanes of at least 4 members (excludes halogenated alkanes) is 40. The molecule has 0 aliphatic carbocycles. The van der Waals surface area contributed by atoms with E-state index in [-0.39, 0.29) is 19.3 Å². The number of hydrogen-bond acceptors (Lipinski definition) is 14. The Kier molecular flexibility index (Phi) is 65.6. The van der Waals surface area contributed by atoms with Crippen molar-refractivity contribution in [2.75, 3.05) is 39.6 Å². The van der Waals surface area contributed by atoms with Crippen molar-refractivity contribution in [1.82, 2.24) is 0 Å². The predicted octanol–water partition coefficient (Wildman–Crippen LogP) is 20.8. The number of allylic oxidation sites excluding steroid dienone is 8. The molecule has 0 bridgehead atoms. The third kappa shape index (κ3) is 68.7. The highest BCUT2D eigenvalue weighted by Gasteiger charge is 2.29. The molecule has 0 aromatic heterocycles. The molecule has 0 saturated heterocycles. The van der Waals surface area contributed by atoms with Crippen LogP contribution in [0.5, 0.6) is 0 Å². The van der Waals surface area contributed by atoms with Crippen molar-refractivity contribution in [1.29, 1.82) is 0 Å². The van der Waals surface area contributed by atoms with E-state index in [1.165, 1.54) is 193 Å². The van der Waals surface area contributed by atoms with Gasteiger partial charge in [-0.3, -0.25) is 32.5 Å². The van der Waals surface area contributed by atoms with Crippen LogP contribution in [0, 0.1) is 0 Å². The van der Waals surface area contributed by atoms with Gasteiger partial charge in [-0.25, -0.2) is 9.13 Å². The second kappa shape index (κ2) is 67.5. The quantitative estimate of drug-likeness (QED) is 0.0146. The molecule has 5 unspecified atom stereocenters. The molecule has 0 aliphatic rings. The highest BCUT2D eigenvalue weighted by Crippen LogP contribution is 2.45. The van der Waals surface area contributed by atoms with Gasteiger partial charge in [0, 0.05) is 19.3 Å². The molecule has 0 spiro atoms. The summed E-state index contributed by atoms with van der Waals surface area (Å²) >= 11 is 0. The fourth-order valence-corrected chi connectivity index (χ4v) is 12.0. The second-order valence-electron chi connectivity index (χ2n) is 25.1. The molecule has 5 atom stereocenters. The molecule has 0 rings (SSSR count). The SMILES string of the molecule is CCCCC/C=C\C/C=C\C/C=C\C/C=C\CCCCCCCCCCCCCC(=O)OCC(O)COP(=O)(O)OCC(O)COP(=O)(O)OCC(COC(=O)CCCCCCCCCCCCCCCCC)OC(=O)CCCCCCCCCCCCCCC. The Labute approximate surface area is 555 Å². The second-order valence-corrected chi connectivity index (χ2v) is 28.0. The summed E-state index contributed by atoms with van der Waals surface area (Å²) in [5.41, 5.74) is 0. The Morgan fingerprint density at radius 3 is 0.890 bits per heavy atom. The van der Waals surface area contributed by atoms with E-state index in [1.807, 2.05) is 0 Å². The summed E-state index contributed by atoms with van der Waals surface area (Å²) in [5.74, 6) is -1.55. The lowest BCUT2D eigenvalue weighted by atomic mass is 10.0. The van der Waals surface area contributed by atoms with Gasteiger partial charge >= 0.3 is 33.6 Å². The lowest BCUT2D eigenvalue weighted by Gasteiger charge is -2.21. The van der Waals surface area contributed by atoms with E-state index < -0.39 is 91.5 Å². The first-order valence-electron chi connectivity index (χ1n) is 36.9. The van der Waals surface area contributed by atoms with Gasteiger partial charge in [0.2, 0.25) is 0 Å². The summed E-state index contributed by atoms with van der Waals surface area (Å²) in [4.78, 5) is 58.4. The highest BCUT2D eigenvalue weighted by atomic mass is 31.2. The highest BCUT2D eigenvalue weighted by molar-refractivity contribution is 7.47. The lowest BCUT2D eigenvalue weighted by Crippen LogP contribution is -2.30. The van der Waals surface area contributed by atoms with Gasteiger partial charge in [0.15, 0.2) is 6.10 Å². The zero-order chi connectivity index (χ0) is 66.7. The van der Waals surface area contributed by atoms with Gasteiger partial charge in [-0.1, -0.05) is 307 Å². The number of ether oxygens (including phenoxy) is 3. The lowest BCUT2D eigenvalue weighted by molar-refractivity contribution is -0.161. The Balaban J connectivity index is 4.45. The zero-order valence-corrected chi connectivity index (χ0v) is 59.8. The van der Waals surface area contributed by atoms with Crippen LogP contribution >= 0.6 is 15.6 Å². The molecular formula is C73H136O16P2. The zero-order valence-electron chi connectivity index (χ0n) is 58.0. The number of phosphoric acid groups is 2. The number of hydrogen-bond donors (Lipinski definition) is 4. The largest absolute Gasteiger partial charge is 0.472 e. The van der Waals surface area contributed by atoms with Crippen LogP contribution in [0.1, 0.15) is 342 Å². The van der Waals surface area contributed by atoms with Crippen LogP contribution in [-0.4, -0.2) is 95.9 Å². The summed E-state index contributed by atoms with van der Waals surface area (Å²) in [5, 5.41) is 20.6. The summed E-state index contributed by atoms with van der Waals surface area (Å²) < 4.78 is 61.0. The molecule has 0 amide bonds. The minimum absolute atomic E-state index is 0.114. The number of aliphatic hydroxyl groups excluding tert-OH is 2. The van der Waals surface area contributed by atoms with Crippen molar-refractivity contribution in [3.63, 3.8) is 0 Å². The van der Waals surface area contributed by atoms with Crippen molar-refractivity contribution in [2.24, 2.45) is 0 Å². The van der Waals surface area contributed by atoms with E-state index in [4.69, 9.17) is 32.3 Å². The van der Waals surface area contributed by atoms with Crippen LogP contribution in [0.15, 0.2) is 48.6 Å². The molecule has 0 heterocycles. The third-order valence-corrected chi connectivity index (χ3v) is 18.0. The van der Waals surface area contributed by atoms with Gasteiger partial charge < -0.3 is 34.2 Å². The first-order valence-corrected chi connectivity index (χ1v) is 39.9. The van der Waals surface area contributed by atoms with E-state index in [1.54, 1.807) is 0 Å². The van der Waals surface area contributed by atoms with Gasteiger partial charge in [0.1, 0.15) is 25.4 Å². The van der Waals surface area contributed by atoms with E-state index in [2.05, 4.69) is 69.4 Å². The maximum atomic E-state index is 12.9. The minimum atomic E-state index is -4.91. The third-order valence-electron chi connectivity index (χ3n) is 16.1. The summed E-state index contributed by atoms with van der Waals surface area (Å²) in [6, 6.07) is 0. The Hall–Kier alpha value is -2.49. The van der Waals surface area contributed by atoms with Gasteiger partial charge in [-0.05, 0) is 64.2 Å². The van der Waals surface area contributed by atoms with Crippen molar-refractivity contribution in [3.8, 4) is 0 Å². The Morgan fingerprint density at radius 2 is 0.549 bits per heavy atom. The first-order chi connectivity index (χ1) is 44.2. The maximum Gasteiger partial charge on any atom is 0.472 e. The molecule has 0 saturated carbocycles. The molecule has 4 N–H and O–H groups in total. The number of aliphatic hydroxyl groups is 2. The number of carbonyl (C=O) groups is 3. The first kappa shape index (κ1) is 88.5. The molecule has 0 aliphatic heterocycles. The summed E-state index contributed by atoms with van der Waals surface area (Å²) in [6.45, 7) is 2.70. The molecule has 534 valence electrons. The van der Waals surface area contributed by atoms with Crippen LogP contribution in [0.3, 0.4) is 0 Å².